The molecule has 17 heavy (non-hydrogen) atoms. The molecule has 3 fully saturated rings. The van der Waals surface area contributed by atoms with Crippen molar-refractivity contribution in [2.45, 2.75) is 56.8 Å². The maximum Gasteiger partial charge on any atom is 0.309 e. The highest BCUT2D eigenvalue weighted by Gasteiger charge is 2.48. The Kier molecular flexibility index (Phi) is 3.09. The zero-order valence-electron chi connectivity index (χ0n) is 10.0. The monoisotopic (exact) mass is 240 g/mol. The first-order chi connectivity index (χ1) is 8.22. The number of ether oxygens (including phenoxy) is 2. The Balaban J connectivity index is 1.40. The first-order valence-corrected chi connectivity index (χ1v) is 6.72. The van der Waals surface area contributed by atoms with E-state index < -0.39 is 0 Å². The van der Waals surface area contributed by atoms with Crippen LogP contribution >= 0.6 is 0 Å². The fraction of sp³-hybridized carbons (Fsp3) is 0.923. The summed E-state index contributed by atoms with van der Waals surface area (Å²) in [6.45, 7) is 0.543. The lowest BCUT2D eigenvalue weighted by atomic mass is 9.87. The van der Waals surface area contributed by atoms with Gasteiger partial charge in [0, 0.05) is 0 Å². The molecule has 1 saturated heterocycles. The second kappa shape index (κ2) is 4.58. The lowest BCUT2D eigenvalue weighted by molar-refractivity contribution is -0.152. The number of hydrogen-bond acceptors (Lipinski definition) is 4. The molecule has 0 radical (unpaired) electrons. The van der Waals surface area contributed by atoms with E-state index in [1.807, 2.05) is 0 Å². The Morgan fingerprint density at radius 3 is 2.71 bits per heavy atom. The van der Waals surface area contributed by atoms with Gasteiger partial charge in [0.05, 0.1) is 30.8 Å². The summed E-state index contributed by atoms with van der Waals surface area (Å²) in [5.74, 6) is 0.312. The predicted molar refractivity (Wildman–Crippen MR) is 60.3 cm³/mol. The predicted octanol–water partition coefficient (Wildman–Crippen LogP) is 1.26. The zero-order chi connectivity index (χ0) is 11.8. The molecule has 1 aliphatic heterocycles. The number of epoxide rings is 1. The average Bonchev–Trinajstić information content (AvgIpc) is 2.94. The number of aliphatic hydroxyl groups is 1. The molecule has 4 heteroatoms. The number of aliphatic hydroxyl groups excluding tert-OH is 1. The number of carbonyl (C=O) groups is 1. The normalized spacial score (nSPS) is 44.2. The Morgan fingerprint density at radius 2 is 2.00 bits per heavy atom. The highest BCUT2D eigenvalue weighted by Crippen LogP contribution is 2.42. The van der Waals surface area contributed by atoms with E-state index in [1.54, 1.807) is 0 Å². The van der Waals surface area contributed by atoms with Gasteiger partial charge in [0.15, 0.2) is 0 Å². The lowest BCUT2D eigenvalue weighted by Gasteiger charge is -2.24. The third-order valence-corrected chi connectivity index (χ3v) is 4.26. The van der Waals surface area contributed by atoms with Crippen LogP contribution in [0.5, 0.6) is 0 Å². The smallest absolute Gasteiger partial charge is 0.309 e. The molecule has 0 aromatic carbocycles. The van der Waals surface area contributed by atoms with Crippen LogP contribution in [0.25, 0.3) is 0 Å². The number of carbonyl (C=O) groups excluding carboxylic acids is 1. The molecule has 4 nitrogen and oxygen atoms in total. The topological polar surface area (TPSA) is 59.1 Å². The van der Waals surface area contributed by atoms with Crippen LogP contribution in [0.1, 0.15) is 38.5 Å². The summed E-state index contributed by atoms with van der Waals surface area (Å²) in [5, 5.41) is 9.52. The van der Waals surface area contributed by atoms with Gasteiger partial charge in [-0.15, -0.1) is 0 Å². The van der Waals surface area contributed by atoms with E-state index in [0.717, 1.165) is 32.1 Å². The number of esters is 1. The molecule has 0 aromatic heterocycles. The summed E-state index contributed by atoms with van der Waals surface area (Å²) in [5.41, 5.74) is 0. The molecule has 4 atom stereocenters. The summed E-state index contributed by atoms with van der Waals surface area (Å²) in [6, 6.07) is 0. The van der Waals surface area contributed by atoms with E-state index in [4.69, 9.17) is 9.47 Å². The van der Waals surface area contributed by atoms with Crippen molar-refractivity contribution in [3.8, 4) is 0 Å². The minimum Gasteiger partial charge on any atom is -0.465 e. The minimum atomic E-state index is -0.311. The van der Waals surface area contributed by atoms with Gasteiger partial charge in [0.2, 0.25) is 0 Å². The number of hydrogen-bond donors (Lipinski definition) is 1. The molecule has 0 aromatic rings. The van der Waals surface area contributed by atoms with E-state index in [-0.39, 0.29) is 18.0 Å². The van der Waals surface area contributed by atoms with Gasteiger partial charge in [-0.05, 0) is 38.0 Å². The van der Waals surface area contributed by atoms with Gasteiger partial charge in [0.25, 0.3) is 0 Å². The van der Waals surface area contributed by atoms with Gasteiger partial charge in [-0.2, -0.15) is 0 Å². The van der Waals surface area contributed by atoms with Crippen molar-refractivity contribution >= 4 is 5.97 Å². The van der Waals surface area contributed by atoms with Crippen LogP contribution in [0.2, 0.25) is 0 Å². The van der Waals surface area contributed by atoms with Gasteiger partial charge < -0.3 is 14.6 Å². The summed E-state index contributed by atoms with van der Waals surface area (Å²) < 4.78 is 10.7. The van der Waals surface area contributed by atoms with Crippen LogP contribution in [0.4, 0.5) is 0 Å². The fourth-order valence-electron chi connectivity index (χ4n) is 3.18. The summed E-state index contributed by atoms with van der Waals surface area (Å²) in [7, 11) is 0. The Morgan fingerprint density at radius 1 is 1.24 bits per heavy atom. The van der Waals surface area contributed by atoms with E-state index in [2.05, 4.69) is 0 Å². The SMILES string of the molecule is O=C(OCC1CC2OC2C1)C1CCCC(O)C1. The number of fused-ring (bicyclic) bond motifs is 1. The molecule has 0 spiro atoms. The molecule has 0 amide bonds. The Labute approximate surface area is 101 Å². The van der Waals surface area contributed by atoms with Crippen LogP contribution in [-0.2, 0) is 14.3 Å². The van der Waals surface area contributed by atoms with E-state index in [9.17, 15) is 9.90 Å². The van der Waals surface area contributed by atoms with Crippen molar-refractivity contribution in [2.24, 2.45) is 11.8 Å². The van der Waals surface area contributed by atoms with Gasteiger partial charge >= 0.3 is 5.97 Å². The molecule has 96 valence electrons. The van der Waals surface area contributed by atoms with Crippen molar-refractivity contribution < 1.29 is 19.4 Å². The fourth-order valence-corrected chi connectivity index (χ4v) is 3.18. The second-order valence-electron chi connectivity index (χ2n) is 5.70. The third kappa shape index (κ3) is 2.63. The minimum absolute atomic E-state index is 0.0778. The molecule has 1 heterocycles. The van der Waals surface area contributed by atoms with Crippen molar-refractivity contribution in [3.63, 3.8) is 0 Å². The van der Waals surface area contributed by atoms with Crippen LogP contribution in [0.15, 0.2) is 0 Å². The first kappa shape index (κ1) is 11.5. The highest BCUT2D eigenvalue weighted by atomic mass is 16.6. The maximum atomic E-state index is 11.8. The molecular weight excluding hydrogens is 220 g/mol. The summed E-state index contributed by atoms with van der Waals surface area (Å²) >= 11 is 0. The van der Waals surface area contributed by atoms with E-state index >= 15 is 0 Å². The first-order valence-electron chi connectivity index (χ1n) is 6.72. The van der Waals surface area contributed by atoms with Crippen LogP contribution in [0.3, 0.4) is 0 Å². The molecule has 4 unspecified atom stereocenters. The maximum absolute atomic E-state index is 11.8. The van der Waals surface area contributed by atoms with Gasteiger partial charge in [-0.25, -0.2) is 0 Å². The zero-order valence-corrected chi connectivity index (χ0v) is 10.0. The van der Waals surface area contributed by atoms with Crippen molar-refractivity contribution in [3.05, 3.63) is 0 Å². The largest absolute Gasteiger partial charge is 0.465 e. The van der Waals surface area contributed by atoms with Crippen molar-refractivity contribution in [1.82, 2.24) is 0 Å². The van der Waals surface area contributed by atoms with Gasteiger partial charge in [-0.3, -0.25) is 4.79 Å². The molecule has 3 rings (SSSR count). The second-order valence-corrected chi connectivity index (χ2v) is 5.70. The molecule has 1 N–H and O–H groups in total. The van der Waals surface area contributed by atoms with Crippen LogP contribution in [0, 0.1) is 11.8 Å². The Bertz CT molecular complexity index is 294. The highest BCUT2D eigenvalue weighted by molar-refractivity contribution is 5.72. The molecule has 2 saturated carbocycles. The molecule has 0 bridgehead atoms. The quantitative estimate of drug-likeness (QED) is 0.596. The standard InChI is InChI=1S/C13H20O4/c14-10-3-1-2-9(6-10)13(15)16-7-8-4-11-12(5-8)17-11/h8-12,14H,1-7H2. The lowest BCUT2D eigenvalue weighted by Crippen LogP contribution is -2.28. The van der Waals surface area contributed by atoms with Crippen LogP contribution in [-0.4, -0.2) is 36.0 Å². The van der Waals surface area contributed by atoms with E-state index in [0.29, 0.717) is 31.2 Å². The van der Waals surface area contributed by atoms with Gasteiger partial charge in [-0.1, -0.05) is 6.42 Å². The number of rotatable bonds is 3. The van der Waals surface area contributed by atoms with E-state index in [1.165, 1.54) is 0 Å². The van der Waals surface area contributed by atoms with Crippen molar-refractivity contribution in [1.29, 1.82) is 0 Å². The molecule has 3 aliphatic rings. The van der Waals surface area contributed by atoms with Crippen molar-refractivity contribution in [2.75, 3.05) is 6.61 Å². The molecular formula is C13H20O4. The van der Waals surface area contributed by atoms with Gasteiger partial charge in [0.1, 0.15) is 0 Å². The third-order valence-electron chi connectivity index (χ3n) is 4.26. The van der Waals surface area contributed by atoms with Crippen LogP contribution < -0.4 is 0 Å². The average molecular weight is 240 g/mol. The summed E-state index contributed by atoms with van der Waals surface area (Å²) in [4.78, 5) is 11.8. The molecule has 2 aliphatic carbocycles. The summed E-state index contributed by atoms with van der Waals surface area (Å²) in [6.07, 6.45) is 5.90. The Hall–Kier alpha value is -0.610.